The Balaban J connectivity index is 2.41. The van der Waals surface area contributed by atoms with E-state index < -0.39 is 11.5 Å². The lowest BCUT2D eigenvalue weighted by atomic mass is 9.99. The fourth-order valence-electron chi connectivity index (χ4n) is 1.59. The molecule has 0 bridgehead atoms. The first kappa shape index (κ1) is 16.5. The van der Waals surface area contributed by atoms with Gasteiger partial charge in [-0.05, 0) is 31.0 Å². The van der Waals surface area contributed by atoms with Crippen LogP contribution in [0.25, 0.3) is 0 Å². The van der Waals surface area contributed by atoms with Crippen LogP contribution >= 0.6 is 11.8 Å². The molecule has 0 aliphatic carbocycles. The highest BCUT2D eigenvalue weighted by atomic mass is 32.2. The third-order valence-electron chi connectivity index (χ3n) is 3.01. The standard InChI is InChI=1S/C14H20N2O3S/c1-4-14(2,13(18)19-3)16-12(17)10-20-9-11-5-7-15-8-6-11/h5-8H,4,9-10H2,1-3H3,(H,16,17). The molecule has 0 saturated heterocycles. The summed E-state index contributed by atoms with van der Waals surface area (Å²) in [5.74, 6) is 0.442. The zero-order chi connectivity index (χ0) is 15.0. The molecule has 0 aliphatic heterocycles. The zero-order valence-electron chi connectivity index (χ0n) is 12.0. The normalized spacial score (nSPS) is 13.3. The van der Waals surface area contributed by atoms with Crippen molar-refractivity contribution < 1.29 is 14.3 Å². The maximum absolute atomic E-state index is 11.9. The number of carbonyl (C=O) groups is 2. The van der Waals surface area contributed by atoms with Crippen molar-refractivity contribution in [1.29, 1.82) is 0 Å². The Kier molecular flexibility index (Phi) is 6.51. The molecular formula is C14H20N2O3S. The van der Waals surface area contributed by atoms with E-state index in [2.05, 4.69) is 10.3 Å². The summed E-state index contributed by atoms with van der Waals surface area (Å²) in [5.41, 5.74) is 0.160. The summed E-state index contributed by atoms with van der Waals surface area (Å²) < 4.78 is 4.71. The van der Waals surface area contributed by atoms with E-state index in [1.807, 2.05) is 19.1 Å². The number of carbonyl (C=O) groups excluding carboxylic acids is 2. The van der Waals surface area contributed by atoms with Gasteiger partial charge in [0.1, 0.15) is 5.54 Å². The molecule has 110 valence electrons. The van der Waals surface area contributed by atoms with E-state index in [0.29, 0.717) is 12.2 Å². The number of pyridine rings is 1. The van der Waals surface area contributed by atoms with Crippen LogP contribution in [-0.4, -0.2) is 35.3 Å². The molecule has 6 heteroatoms. The maximum atomic E-state index is 11.9. The molecule has 0 radical (unpaired) electrons. The second-order valence-corrected chi connectivity index (χ2v) is 5.56. The number of amides is 1. The van der Waals surface area contributed by atoms with Gasteiger partial charge in [-0.2, -0.15) is 0 Å². The Hall–Kier alpha value is -1.56. The van der Waals surface area contributed by atoms with Gasteiger partial charge in [0.15, 0.2) is 0 Å². The number of aromatic nitrogens is 1. The van der Waals surface area contributed by atoms with Gasteiger partial charge >= 0.3 is 5.97 Å². The number of ether oxygens (including phenoxy) is 1. The number of hydrogen-bond acceptors (Lipinski definition) is 5. The first-order valence-corrected chi connectivity index (χ1v) is 7.53. The van der Waals surface area contributed by atoms with Gasteiger partial charge in [-0.15, -0.1) is 11.8 Å². The second-order valence-electron chi connectivity index (χ2n) is 4.57. The summed E-state index contributed by atoms with van der Waals surface area (Å²) in [6, 6.07) is 3.82. The lowest BCUT2D eigenvalue weighted by molar-refractivity contribution is -0.150. The summed E-state index contributed by atoms with van der Waals surface area (Å²) >= 11 is 1.49. The Morgan fingerprint density at radius 1 is 1.40 bits per heavy atom. The molecule has 1 unspecified atom stereocenters. The highest BCUT2D eigenvalue weighted by molar-refractivity contribution is 7.99. The molecule has 1 aromatic heterocycles. The Bertz CT molecular complexity index is 453. The third kappa shape index (κ3) is 4.85. The van der Waals surface area contributed by atoms with Crippen LogP contribution < -0.4 is 5.32 Å². The SMILES string of the molecule is CCC(C)(NC(=O)CSCc1ccncc1)C(=O)OC. The predicted octanol–water partition coefficient (Wildman–Crippen LogP) is 1.77. The highest BCUT2D eigenvalue weighted by Gasteiger charge is 2.33. The molecule has 1 aromatic rings. The smallest absolute Gasteiger partial charge is 0.331 e. The third-order valence-corrected chi connectivity index (χ3v) is 4.01. The van der Waals surface area contributed by atoms with Crippen LogP contribution in [0.2, 0.25) is 0 Å². The predicted molar refractivity (Wildman–Crippen MR) is 79.3 cm³/mol. The number of methoxy groups -OCH3 is 1. The lowest BCUT2D eigenvalue weighted by Gasteiger charge is -2.26. The molecule has 0 spiro atoms. The van der Waals surface area contributed by atoms with Crippen molar-refractivity contribution in [2.24, 2.45) is 0 Å². The van der Waals surface area contributed by atoms with Crippen molar-refractivity contribution in [1.82, 2.24) is 10.3 Å². The van der Waals surface area contributed by atoms with Crippen LogP contribution in [0.3, 0.4) is 0 Å². The first-order valence-electron chi connectivity index (χ1n) is 6.38. The fourth-order valence-corrected chi connectivity index (χ4v) is 2.38. The molecule has 1 heterocycles. The van der Waals surface area contributed by atoms with E-state index in [4.69, 9.17) is 4.74 Å². The van der Waals surface area contributed by atoms with Gasteiger partial charge < -0.3 is 10.1 Å². The van der Waals surface area contributed by atoms with Crippen LogP contribution in [0.1, 0.15) is 25.8 Å². The topological polar surface area (TPSA) is 68.3 Å². The van der Waals surface area contributed by atoms with Crippen LogP contribution in [0.5, 0.6) is 0 Å². The van der Waals surface area contributed by atoms with Gasteiger partial charge in [-0.1, -0.05) is 6.92 Å². The largest absolute Gasteiger partial charge is 0.467 e. The summed E-state index contributed by atoms with van der Waals surface area (Å²) in [7, 11) is 1.32. The molecule has 0 aromatic carbocycles. The van der Waals surface area contributed by atoms with Crippen molar-refractivity contribution in [3.8, 4) is 0 Å². The Morgan fingerprint density at radius 2 is 2.05 bits per heavy atom. The monoisotopic (exact) mass is 296 g/mol. The maximum Gasteiger partial charge on any atom is 0.331 e. The minimum Gasteiger partial charge on any atom is -0.467 e. The van der Waals surface area contributed by atoms with Crippen molar-refractivity contribution in [2.45, 2.75) is 31.6 Å². The van der Waals surface area contributed by atoms with E-state index in [1.165, 1.54) is 18.9 Å². The quantitative estimate of drug-likeness (QED) is 0.777. The lowest BCUT2D eigenvalue weighted by Crippen LogP contribution is -2.52. The molecule has 0 fully saturated rings. The molecule has 1 N–H and O–H groups in total. The van der Waals surface area contributed by atoms with Crippen molar-refractivity contribution in [3.63, 3.8) is 0 Å². The van der Waals surface area contributed by atoms with E-state index >= 15 is 0 Å². The zero-order valence-corrected chi connectivity index (χ0v) is 12.8. The van der Waals surface area contributed by atoms with E-state index in [0.717, 1.165) is 11.3 Å². The summed E-state index contributed by atoms with van der Waals surface area (Å²) in [5, 5.41) is 2.73. The molecule has 1 atom stereocenters. The van der Waals surface area contributed by atoms with Crippen molar-refractivity contribution in [3.05, 3.63) is 30.1 Å². The number of nitrogens with zero attached hydrogens (tertiary/aromatic N) is 1. The number of hydrogen-bond donors (Lipinski definition) is 1. The van der Waals surface area contributed by atoms with E-state index in [-0.39, 0.29) is 5.91 Å². The van der Waals surface area contributed by atoms with Gasteiger partial charge in [0.25, 0.3) is 0 Å². The molecule has 1 amide bonds. The minimum absolute atomic E-state index is 0.168. The van der Waals surface area contributed by atoms with Crippen LogP contribution in [0.15, 0.2) is 24.5 Å². The molecule has 1 rings (SSSR count). The number of nitrogens with one attached hydrogen (secondary N) is 1. The minimum atomic E-state index is -0.955. The average molecular weight is 296 g/mol. The van der Waals surface area contributed by atoms with Crippen molar-refractivity contribution >= 4 is 23.6 Å². The van der Waals surface area contributed by atoms with Gasteiger partial charge in [0.2, 0.25) is 5.91 Å². The summed E-state index contributed by atoms with van der Waals surface area (Å²) in [6.07, 6.45) is 3.93. The van der Waals surface area contributed by atoms with Crippen molar-refractivity contribution in [2.75, 3.05) is 12.9 Å². The van der Waals surface area contributed by atoms with Gasteiger partial charge in [0.05, 0.1) is 12.9 Å². The highest BCUT2D eigenvalue weighted by Crippen LogP contribution is 2.14. The molecule has 0 aliphatic rings. The van der Waals surface area contributed by atoms with Gasteiger partial charge in [0, 0.05) is 18.1 Å². The average Bonchev–Trinajstić information content (AvgIpc) is 2.47. The van der Waals surface area contributed by atoms with E-state index in [9.17, 15) is 9.59 Å². The first-order chi connectivity index (χ1) is 9.51. The van der Waals surface area contributed by atoms with Crippen LogP contribution in [0.4, 0.5) is 0 Å². The molecule has 5 nitrogen and oxygen atoms in total. The summed E-state index contributed by atoms with van der Waals surface area (Å²) in [6.45, 7) is 3.51. The molecular weight excluding hydrogens is 276 g/mol. The summed E-state index contributed by atoms with van der Waals surface area (Å²) in [4.78, 5) is 27.5. The van der Waals surface area contributed by atoms with E-state index in [1.54, 1.807) is 19.3 Å². The second kappa shape index (κ2) is 7.89. The van der Waals surface area contributed by atoms with Crippen LogP contribution in [0, 0.1) is 0 Å². The molecule has 0 saturated carbocycles. The number of thioether (sulfide) groups is 1. The Morgan fingerprint density at radius 3 is 2.60 bits per heavy atom. The van der Waals surface area contributed by atoms with Crippen LogP contribution in [-0.2, 0) is 20.1 Å². The Labute approximate surface area is 123 Å². The number of esters is 1. The molecule has 20 heavy (non-hydrogen) atoms. The fraction of sp³-hybridized carbons (Fsp3) is 0.500. The number of rotatable bonds is 7. The van der Waals surface area contributed by atoms with Gasteiger partial charge in [-0.25, -0.2) is 4.79 Å². The van der Waals surface area contributed by atoms with Gasteiger partial charge in [-0.3, -0.25) is 9.78 Å².